The Bertz CT molecular complexity index is 650. The number of hydrogen-bond donors (Lipinski definition) is 0. The SMILES string of the molecule is Cc1cc2c(c3oc(=O)ccc13)C=CCO2. The van der Waals surface area contributed by atoms with Gasteiger partial charge in [0.05, 0.1) is 5.56 Å². The van der Waals surface area contributed by atoms with Gasteiger partial charge < -0.3 is 9.15 Å². The molecule has 0 unspecified atom stereocenters. The van der Waals surface area contributed by atoms with Crippen molar-refractivity contribution in [1.29, 1.82) is 0 Å². The first kappa shape index (κ1) is 9.21. The van der Waals surface area contributed by atoms with Gasteiger partial charge in [-0.05, 0) is 36.8 Å². The van der Waals surface area contributed by atoms with Crippen molar-refractivity contribution in [2.45, 2.75) is 6.92 Å². The van der Waals surface area contributed by atoms with Crippen molar-refractivity contribution in [2.24, 2.45) is 0 Å². The molecule has 0 saturated carbocycles. The van der Waals surface area contributed by atoms with Gasteiger partial charge in [0, 0.05) is 11.5 Å². The minimum atomic E-state index is -0.334. The summed E-state index contributed by atoms with van der Waals surface area (Å²) in [5, 5.41) is 0.952. The number of rotatable bonds is 0. The monoisotopic (exact) mass is 214 g/mol. The van der Waals surface area contributed by atoms with E-state index in [9.17, 15) is 4.79 Å². The van der Waals surface area contributed by atoms with E-state index in [1.54, 1.807) is 6.07 Å². The van der Waals surface area contributed by atoms with Crippen LogP contribution in [-0.2, 0) is 0 Å². The van der Waals surface area contributed by atoms with Crippen LogP contribution < -0.4 is 10.4 Å². The molecule has 0 atom stereocenters. The van der Waals surface area contributed by atoms with Crippen LogP contribution in [0.2, 0.25) is 0 Å². The molecule has 1 aliphatic heterocycles. The van der Waals surface area contributed by atoms with Crippen molar-refractivity contribution in [3.05, 3.63) is 45.8 Å². The lowest BCUT2D eigenvalue weighted by Crippen LogP contribution is -2.03. The molecule has 3 heteroatoms. The zero-order chi connectivity index (χ0) is 11.1. The van der Waals surface area contributed by atoms with Crippen molar-refractivity contribution in [2.75, 3.05) is 6.61 Å². The van der Waals surface area contributed by atoms with Gasteiger partial charge in [0.25, 0.3) is 0 Å². The Morgan fingerprint density at radius 3 is 3.06 bits per heavy atom. The first-order valence-electron chi connectivity index (χ1n) is 5.12. The summed E-state index contributed by atoms with van der Waals surface area (Å²) in [6, 6.07) is 5.20. The number of benzene rings is 1. The minimum Gasteiger partial charge on any atom is -0.489 e. The predicted octanol–water partition coefficient (Wildman–Crippen LogP) is 2.51. The molecule has 16 heavy (non-hydrogen) atoms. The largest absolute Gasteiger partial charge is 0.489 e. The van der Waals surface area contributed by atoms with E-state index >= 15 is 0 Å². The lowest BCUT2D eigenvalue weighted by molar-refractivity contribution is 0.358. The summed E-state index contributed by atoms with van der Waals surface area (Å²) in [6.07, 6.45) is 3.84. The zero-order valence-corrected chi connectivity index (χ0v) is 8.82. The average molecular weight is 214 g/mol. The number of fused-ring (bicyclic) bond motifs is 3. The van der Waals surface area contributed by atoms with Crippen LogP contribution in [0.15, 0.2) is 33.5 Å². The summed E-state index contributed by atoms with van der Waals surface area (Å²) < 4.78 is 10.8. The molecule has 1 aromatic carbocycles. The number of hydrogen-bond acceptors (Lipinski definition) is 3. The molecule has 0 radical (unpaired) electrons. The molecule has 0 saturated heterocycles. The standard InChI is InChI=1S/C13H10O3/c1-8-7-11-10(3-2-6-15-11)13-9(8)4-5-12(14)16-13/h2-5,7H,6H2,1H3. The summed E-state index contributed by atoms with van der Waals surface area (Å²) in [6.45, 7) is 2.54. The Balaban J connectivity index is 2.50. The number of ether oxygens (including phenoxy) is 1. The highest BCUT2D eigenvalue weighted by Crippen LogP contribution is 2.33. The third-order valence-corrected chi connectivity index (χ3v) is 2.74. The summed E-state index contributed by atoms with van der Waals surface area (Å²) in [4.78, 5) is 11.2. The van der Waals surface area contributed by atoms with E-state index in [2.05, 4.69) is 0 Å². The van der Waals surface area contributed by atoms with Gasteiger partial charge in [-0.2, -0.15) is 0 Å². The summed E-state index contributed by atoms with van der Waals surface area (Å²) >= 11 is 0. The van der Waals surface area contributed by atoms with Gasteiger partial charge >= 0.3 is 5.63 Å². The smallest absolute Gasteiger partial charge is 0.336 e. The van der Waals surface area contributed by atoms with Crippen LogP contribution in [0.5, 0.6) is 5.75 Å². The lowest BCUT2D eigenvalue weighted by Gasteiger charge is -2.14. The molecule has 1 aliphatic rings. The quantitative estimate of drug-likeness (QED) is 0.632. The maximum absolute atomic E-state index is 11.2. The zero-order valence-electron chi connectivity index (χ0n) is 8.82. The van der Waals surface area contributed by atoms with Gasteiger partial charge in [0.15, 0.2) is 0 Å². The van der Waals surface area contributed by atoms with Crippen molar-refractivity contribution in [1.82, 2.24) is 0 Å². The molecule has 3 rings (SSSR count). The second-order valence-corrected chi connectivity index (χ2v) is 3.82. The highest BCUT2D eigenvalue weighted by molar-refractivity contribution is 5.91. The second kappa shape index (κ2) is 3.23. The summed E-state index contributed by atoms with van der Waals surface area (Å²) in [5.74, 6) is 0.779. The van der Waals surface area contributed by atoms with Gasteiger partial charge in [-0.1, -0.05) is 0 Å². The molecule has 0 spiro atoms. The molecule has 0 fully saturated rings. The third kappa shape index (κ3) is 1.25. The minimum absolute atomic E-state index is 0.334. The fraction of sp³-hybridized carbons (Fsp3) is 0.154. The molecule has 0 bridgehead atoms. The van der Waals surface area contributed by atoms with Crippen molar-refractivity contribution < 1.29 is 9.15 Å². The Hall–Kier alpha value is -2.03. The molecule has 0 amide bonds. The summed E-state index contributed by atoms with van der Waals surface area (Å²) in [7, 11) is 0. The highest BCUT2D eigenvalue weighted by atomic mass is 16.5. The Kier molecular flexibility index (Phi) is 1.86. The van der Waals surface area contributed by atoms with E-state index in [0.717, 1.165) is 22.3 Å². The maximum Gasteiger partial charge on any atom is 0.336 e. The van der Waals surface area contributed by atoms with Crippen LogP contribution in [0.3, 0.4) is 0 Å². The van der Waals surface area contributed by atoms with Gasteiger partial charge in [-0.3, -0.25) is 0 Å². The first-order chi connectivity index (χ1) is 7.75. The first-order valence-corrected chi connectivity index (χ1v) is 5.12. The Morgan fingerprint density at radius 1 is 1.31 bits per heavy atom. The van der Waals surface area contributed by atoms with Crippen molar-refractivity contribution in [3.63, 3.8) is 0 Å². The molecule has 80 valence electrons. The molecule has 0 N–H and O–H groups in total. The van der Waals surface area contributed by atoms with Crippen molar-refractivity contribution in [3.8, 4) is 5.75 Å². The van der Waals surface area contributed by atoms with Crippen LogP contribution in [-0.4, -0.2) is 6.61 Å². The molecular formula is C13H10O3. The van der Waals surface area contributed by atoms with Gasteiger partial charge in [-0.25, -0.2) is 4.79 Å². The predicted molar refractivity (Wildman–Crippen MR) is 61.8 cm³/mol. The van der Waals surface area contributed by atoms with Crippen LogP contribution in [0.4, 0.5) is 0 Å². The van der Waals surface area contributed by atoms with Crippen LogP contribution in [0, 0.1) is 6.92 Å². The van der Waals surface area contributed by atoms with Gasteiger partial charge in [0.2, 0.25) is 0 Å². The fourth-order valence-corrected chi connectivity index (χ4v) is 1.97. The highest BCUT2D eigenvalue weighted by Gasteiger charge is 2.13. The number of aryl methyl sites for hydroxylation is 1. The Labute approximate surface area is 92.0 Å². The molecule has 0 aliphatic carbocycles. The molecule has 1 aromatic heterocycles. The fourth-order valence-electron chi connectivity index (χ4n) is 1.97. The van der Waals surface area contributed by atoms with Crippen LogP contribution in [0.25, 0.3) is 17.0 Å². The topological polar surface area (TPSA) is 39.4 Å². The van der Waals surface area contributed by atoms with E-state index in [1.807, 2.05) is 25.1 Å². The van der Waals surface area contributed by atoms with Gasteiger partial charge in [-0.15, -0.1) is 0 Å². The second-order valence-electron chi connectivity index (χ2n) is 3.82. The lowest BCUT2D eigenvalue weighted by atomic mass is 10.0. The molecular weight excluding hydrogens is 204 g/mol. The van der Waals surface area contributed by atoms with Crippen LogP contribution >= 0.6 is 0 Å². The van der Waals surface area contributed by atoms with E-state index < -0.39 is 0 Å². The Morgan fingerprint density at radius 2 is 2.19 bits per heavy atom. The van der Waals surface area contributed by atoms with E-state index in [-0.39, 0.29) is 5.63 Å². The van der Waals surface area contributed by atoms with E-state index in [4.69, 9.17) is 9.15 Å². The normalized spacial score (nSPS) is 13.6. The average Bonchev–Trinajstić information content (AvgIpc) is 2.29. The summed E-state index contributed by atoms with van der Waals surface area (Å²) in [5.41, 5.74) is 2.18. The molecule has 3 nitrogen and oxygen atoms in total. The van der Waals surface area contributed by atoms with Crippen LogP contribution in [0.1, 0.15) is 11.1 Å². The maximum atomic E-state index is 11.2. The van der Waals surface area contributed by atoms with E-state index in [0.29, 0.717) is 12.2 Å². The molecule has 2 heterocycles. The van der Waals surface area contributed by atoms with Gasteiger partial charge in [0.1, 0.15) is 17.9 Å². The van der Waals surface area contributed by atoms with E-state index in [1.165, 1.54) is 6.07 Å². The van der Waals surface area contributed by atoms with Crippen molar-refractivity contribution >= 4 is 17.0 Å². The molecule has 2 aromatic rings. The third-order valence-electron chi connectivity index (χ3n) is 2.74.